The van der Waals surface area contributed by atoms with Gasteiger partial charge in [-0.15, -0.1) is 0 Å². The first-order chi connectivity index (χ1) is 13.1. The normalized spacial score (nSPS) is 17.4. The van der Waals surface area contributed by atoms with E-state index in [1.165, 1.54) is 6.07 Å². The quantitative estimate of drug-likeness (QED) is 0.598. The number of nitrogens with zero attached hydrogens (tertiary/aromatic N) is 1. The van der Waals surface area contributed by atoms with Crippen LogP contribution in [0.15, 0.2) is 34.8 Å². The zero-order valence-corrected chi connectivity index (χ0v) is 17.4. The standard InChI is InChI=1S/C21H22BrClFNO2/c22-18-2-1-17(24)10-16(18)9-14-3-6-25(7-4-14)8-5-15-11-20-21(12-19(15)23)27-13-26-20/h1-2,10-12,14H,3-9,13H2. The fraction of sp³-hybridized carbons (Fsp3) is 0.429. The summed E-state index contributed by atoms with van der Waals surface area (Å²) in [6, 6.07) is 8.80. The van der Waals surface area contributed by atoms with Gasteiger partial charge in [-0.05, 0) is 80.1 Å². The van der Waals surface area contributed by atoms with E-state index in [2.05, 4.69) is 20.8 Å². The lowest BCUT2D eigenvalue weighted by Crippen LogP contribution is -2.35. The van der Waals surface area contributed by atoms with Crippen molar-refractivity contribution in [1.29, 1.82) is 0 Å². The number of hydrogen-bond acceptors (Lipinski definition) is 3. The van der Waals surface area contributed by atoms with Gasteiger partial charge in [-0.1, -0.05) is 27.5 Å². The first-order valence-corrected chi connectivity index (χ1v) is 10.5. The maximum Gasteiger partial charge on any atom is 0.231 e. The fourth-order valence-electron chi connectivity index (χ4n) is 3.85. The summed E-state index contributed by atoms with van der Waals surface area (Å²) in [6.07, 6.45) is 4.10. The Morgan fingerprint density at radius 3 is 2.59 bits per heavy atom. The second-order valence-electron chi connectivity index (χ2n) is 7.27. The minimum absolute atomic E-state index is 0.161. The third-order valence-corrected chi connectivity index (χ3v) is 6.59. The molecular formula is C21H22BrClFNO2. The molecule has 2 aliphatic rings. The van der Waals surface area contributed by atoms with Crippen molar-refractivity contribution < 1.29 is 13.9 Å². The summed E-state index contributed by atoms with van der Waals surface area (Å²) in [7, 11) is 0. The topological polar surface area (TPSA) is 21.7 Å². The second kappa shape index (κ2) is 8.38. The third-order valence-electron chi connectivity index (χ3n) is 5.46. The van der Waals surface area contributed by atoms with E-state index in [0.717, 1.165) is 77.4 Å². The van der Waals surface area contributed by atoms with Crippen LogP contribution in [0.5, 0.6) is 11.5 Å². The van der Waals surface area contributed by atoms with Gasteiger partial charge in [-0.2, -0.15) is 0 Å². The van der Waals surface area contributed by atoms with Crippen molar-refractivity contribution in [3.05, 3.63) is 56.8 Å². The van der Waals surface area contributed by atoms with Gasteiger partial charge in [0.25, 0.3) is 0 Å². The molecule has 0 N–H and O–H groups in total. The lowest BCUT2D eigenvalue weighted by molar-refractivity contribution is 0.174. The molecule has 144 valence electrons. The van der Waals surface area contributed by atoms with E-state index in [1.807, 2.05) is 12.1 Å². The lowest BCUT2D eigenvalue weighted by atomic mass is 9.90. The number of ether oxygens (including phenoxy) is 2. The molecule has 0 unspecified atom stereocenters. The molecule has 0 amide bonds. The highest BCUT2D eigenvalue weighted by Gasteiger charge is 2.21. The Bertz CT molecular complexity index is 824. The smallest absolute Gasteiger partial charge is 0.231 e. The molecule has 0 radical (unpaired) electrons. The van der Waals surface area contributed by atoms with E-state index in [4.69, 9.17) is 21.1 Å². The van der Waals surface area contributed by atoms with Crippen molar-refractivity contribution in [2.45, 2.75) is 25.7 Å². The van der Waals surface area contributed by atoms with Gasteiger partial charge in [-0.3, -0.25) is 0 Å². The minimum Gasteiger partial charge on any atom is -0.454 e. The van der Waals surface area contributed by atoms with E-state index in [1.54, 1.807) is 12.1 Å². The summed E-state index contributed by atoms with van der Waals surface area (Å²) >= 11 is 9.92. The van der Waals surface area contributed by atoms with Gasteiger partial charge in [0.15, 0.2) is 11.5 Å². The molecule has 2 aromatic carbocycles. The van der Waals surface area contributed by atoms with Crippen LogP contribution in [0.2, 0.25) is 5.02 Å². The molecule has 0 aliphatic carbocycles. The summed E-state index contributed by atoms with van der Waals surface area (Å²) < 4.78 is 25.3. The molecule has 0 atom stereocenters. The van der Waals surface area contributed by atoms with Crippen LogP contribution in [0.1, 0.15) is 24.0 Å². The molecule has 1 saturated heterocycles. The largest absolute Gasteiger partial charge is 0.454 e. The van der Waals surface area contributed by atoms with Crippen molar-refractivity contribution in [1.82, 2.24) is 4.90 Å². The van der Waals surface area contributed by atoms with Crippen LogP contribution >= 0.6 is 27.5 Å². The van der Waals surface area contributed by atoms with Crippen molar-refractivity contribution in [2.75, 3.05) is 26.4 Å². The Hall–Kier alpha value is -1.30. The number of fused-ring (bicyclic) bond motifs is 1. The summed E-state index contributed by atoms with van der Waals surface area (Å²) in [4.78, 5) is 2.48. The molecule has 2 heterocycles. The van der Waals surface area contributed by atoms with Crippen molar-refractivity contribution in [2.24, 2.45) is 5.92 Å². The predicted octanol–water partition coefficient (Wildman–Crippen LogP) is 5.47. The molecular weight excluding hydrogens is 433 g/mol. The Labute approximate surface area is 172 Å². The summed E-state index contributed by atoms with van der Waals surface area (Å²) in [6.45, 7) is 3.39. The van der Waals surface area contributed by atoms with Gasteiger partial charge in [0.2, 0.25) is 6.79 Å². The Kier molecular flexibility index (Phi) is 5.90. The van der Waals surface area contributed by atoms with Gasteiger partial charge in [0, 0.05) is 22.1 Å². The van der Waals surface area contributed by atoms with Gasteiger partial charge >= 0.3 is 0 Å². The molecule has 0 spiro atoms. The Morgan fingerprint density at radius 2 is 1.81 bits per heavy atom. The highest BCUT2D eigenvalue weighted by atomic mass is 79.9. The molecule has 2 aromatic rings. The van der Waals surface area contributed by atoms with E-state index >= 15 is 0 Å². The number of piperidine rings is 1. The maximum absolute atomic E-state index is 13.5. The number of halogens is 3. The van der Waals surface area contributed by atoms with Crippen LogP contribution in [0, 0.1) is 11.7 Å². The zero-order valence-electron chi connectivity index (χ0n) is 15.0. The van der Waals surface area contributed by atoms with Crippen LogP contribution < -0.4 is 9.47 Å². The fourth-order valence-corrected chi connectivity index (χ4v) is 4.51. The number of rotatable bonds is 5. The molecule has 0 aromatic heterocycles. The van der Waals surface area contributed by atoms with E-state index in [0.29, 0.717) is 5.92 Å². The number of benzene rings is 2. The molecule has 4 rings (SSSR count). The summed E-state index contributed by atoms with van der Waals surface area (Å²) in [5.74, 6) is 1.96. The van der Waals surface area contributed by atoms with Gasteiger partial charge in [0.05, 0.1) is 0 Å². The monoisotopic (exact) mass is 453 g/mol. The van der Waals surface area contributed by atoms with E-state index in [9.17, 15) is 4.39 Å². The zero-order chi connectivity index (χ0) is 18.8. The average molecular weight is 455 g/mol. The predicted molar refractivity (Wildman–Crippen MR) is 108 cm³/mol. The van der Waals surface area contributed by atoms with Crippen molar-refractivity contribution in [3.8, 4) is 11.5 Å². The van der Waals surface area contributed by atoms with Crippen LogP contribution in [0.3, 0.4) is 0 Å². The van der Waals surface area contributed by atoms with Crippen molar-refractivity contribution >= 4 is 27.5 Å². The minimum atomic E-state index is -0.161. The van der Waals surface area contributed by atoms with Crippen LogP contribution in [-0.2, 0) is 12.8 Å². The number of likely N-dealkylation sites (tertiary alicyclic amines) is 1. The summed E-state index contributed by atoms with van der Waals surface area (Å²) in [5.41, 5.74) is 2.17. The van der Waals surface area contributed by atoms with E-state index < -0.39 is 0 Å². The molecule has 0 bridgehead atoms. The second-order valence-corrected chi connectivity index (χ2v) is 8.53. The first kappa shape index (κ1) is 19.0. The highest BCUT2D eigenvalue weighted by Crippen LogP contribution is 2.37. The summed E-state index contributed by atoms with van der Waals surface area (Å²) in [5, 5.41) is 0.741. The third kappa shape index (κ3) is 4.58. The maximum atomic E-state index is 13.5. The highest BCUT2D eigenvalue weighted by molar-refractivity contribution is 9.10. The lowest BCUT2D eigenvalue weighted by Gasteiger charge is -2.32. The molecule has 3 nitrogen and oxygen atoms in total. The van der Waals surface area contributed by atoms with Gasteiger partial charge < -0.3 is 14.4 Å². The first-order valence-electron chi connectivity index (χ1n) is 9.33. The van der Waals surface area contributed by atoms with E-state index in [-0.39, 0.29) is 12.6 Å². The van der Waals surface area contributed by atoms with Crippen molar-refractivity contribution in [3.63, 3.8) is 0 Å². The van der Waals surface area contributed by atoms with Gasteiger partial charge in [0.1, 0.15) is 5.82 Å². The molecule has 0 saturated carbocycles. The Morgan fingerprint density at radius 1 is 1.07 bits per heavy atom. The molecule has 6 heteroatoms. The van der Waals surface area contributed by atoms with Gasteiger partial charge in [-0.25, -0.2) is 4.39 Å². The molecule has 27 heavy (non-hydrogen) atoms. The molecule has 1 fully saturated rings. The average Bonchev–Trinajstić information content (AvgIpc) is 3.11. The number of hydrogen-bond donors (Lipinski definition) is 0. The SMILES string of the molecule is Fc1ccc(Br)c(CC2CCN(CCc3cc4c(cc3Cl)OCO4)CC2)c1. The van der Waals surface area contributed by atoms with Crippen LogP contribution in [-0.4, -0.2) is 31.3 Å². The van der Waals surface area contributed by atoms with Crippen LogP contribution in [0.4, 0.5) is 4.39 Å². The van der Waals surface area contributed by atoms with Crippen LogP contribution in [0.25, 0.3) is 0 Å². The Balaban J connectivity index is 1.28. The molecule has 2 aliphatic heterocycles.